The fourth-order valence-corrected chi connectivity index (χ4v) is 3.28. The standard InChI is InChI=1S/C25H34O4/c26-24-15-11-6-4-2-1-3-5-8-13-21-29-25(27)23-18-16-22(17-19-23)14-10-7-9-12-20-28-24/h16-19H,1-9,11-13,15,20-21H2. The van der Waals surface area contributed by atoms with Gasteiger partial charge < -0.3 is 9.47 Å². The van der Waals surface area contributed by atoms with E-state index in [1.807, 2.05) is 12.1 Å². The van der Waals surface area contributed by atoms with Gasteiger partial charge in [-0.3, -0.25) is 4.79 Å². The molecule has 0 spiro atoms. The van der Waals surface area contributed by atoms with Crippen LogP contribution in [0.25, 0.3) is 0 Å². The van der Waals surface area contributed by atoms with Crippen LogP contribution in [0.1, 0.15) is 99.4 Å². The Morgan fingerprint density at radius 2 is 1.24 bits per heavy atom. The zero-order chi connectivity index (χ0) is 20.6. The molecule has 0 fully saturated rings. The predicted octanol–water partition coefficient (Wildman–Crippen LogP) is 5.82. The maximum atomic E-state index is 12.1. The number of carbonyl (C=O) groups is 2. The van der Waals surface area contributed by atoms with E-state index in [2.05, 4.69) is 11.8 Å². The molecule has 0 unspecified atom stereocenters. The summed E-state index contributed by atoms with van der Waals surface area (Å²) in [6.45, 7) is 0.966. The monoisotopic (exact) mass is 398 g/mol. The minimum absolute atomic E-state index is 0.0709. The quantitative estimate of drug-likeness (QED) is 0.408. The van der Waals surface area contributed by atoms with Crippen LogP contribution in [0.2, 0.25) is 0 Å². The van der Waals surface area contributed by atoms with Crippen LogP contribution in [0.3, 0.4) is 0 Å². The van der Waals surface area contributed by atoms with Crippen LogP contribution in [0.15, 0.2) is 24.3 Å². The van der Waals surface area contributed by atoms with Gasteiger partial charge in [0, 0.05) is 18.4 Å². The molecule has 1 aromatic carbocycles. The third kappa shape index (κ3) is 10.7. The SMILES string of the molecule is O=C1CCCCCCCCCCCOC(=O)c2ccc(cc2)C#CCCCCO1. The van der Waals surface area contributed by atoms with Crippen molar-refractivity contribution in [2.75, 3.05) is 13.2 Å². The van der Waals surface area contributed by atoms with Crippen LogP contribution in [-0.2, 0) is 14.3 Å². The summed E-state index contributed by atoms with van der Waals surface area (Å²) >= 11 is 0. The van der Waals surface area contributed by atoms with Crippen molar-refractivity contribution in [2.45, 2.75) is 83.5 Å². The molecule has 2 aliphatic rings. The van der Waals surface area contributed by atoms with Crippen molar-refractivity contribution in [3.63, 3.8) is 0 Å². The minimum atomic E-state index is -0.260. The summed E-state index contributed by atoms with van der Waals surface area (Å²) in [5, 5.41) is 0. The van der Waals surface area contributed by atoms with Crippen molar-refractivity contribution in [1.82, 2.24) is 0 Å². The van der Waals surface area contributed by atoms with Gasteiger partial charge in [-0.05, 0) is 49.9 Å². The van der Waals surface area contributed by atoms with Crippen molar-refractivity contribution in [3.05, 3.63) is 35.4 Å². The Kier molecular flexibility index (Phi) is 11.6. The molecule has 0 atom stereocenters. The molecule has 0 saturated carbocycles. The number of fused-ring (bicyclic) bond motifs is 21. The number of benzene rings is 1. The van der Waals surface area contributed by atoms with Crippen LogP contribution in [0.4, 0.5) is 0 Å². The second kappa shape index (κ2) is 14.7. The summed E-state index contributed by atoms with van der Waals surface area (Å²) in [6.07, 6.45) is 13.1. The highest BCUT2D eigenvalue weighted by atomic mass is 16.5. The first-order chi connectivity index (χ1) is 14.3. The number of hydrogen-bond donors (Lipinski definition) is 0. The molecule has 0 aliphatic carbocycles. The van der Waals surface area contributed by atoms with Crippen molar-refractivity contribution in [3.8, 4) is 11.8 Å². The van der Waals surface area contributed by atoms with E-state index in [9.17, 15) is 9.59 Å². The molecule has 2 bridgehead atoms. The van der Waals surface area contributed by atoms with Crippen LogP contribution in [0, 0.1) is 11.8 Å². The molecule has 1 aromatic rings. The first-order valence-electron chi connectivity index (χ1n) is 11.2. The molecule has 2 aliphatic heterocycles. The van der Waals surface area contributed by atoms with Gasteiger partial charge in [-0.15, -0.1) is 0 Å². The average Bonchev–Trinajstić information content (AvgIpc) is 2.73. The summed E-state index contributed by atoms with van der Waals surface area (Å²) in [5.41, 5.74) is 1.46. The number of ether oxygens (including phenoxy) is 2. The molecule has 0 amide bonds. The second-order valence-electron chi connectivity index (χ2n) is 7.62. The Labute approximate surface area is 175 Å². The first kappa shape index (κ1) is 23.0. The summed E-state index contributed by atoms with van der Waals surface area (Å²) in [7, 11) is 0. The van der Waals surface area contributed by atoms with E-state index in [1.165, 1.54) is 32.1 Å². The molecular weight excluding hydrogens is 364 g/mol. The van der Waals surface area contributed by atoms with E-state index in [1.54, 1.807) is 12.1 Å². The predicted molar refractivity (Wildman–Crippen MR) is 115 cm³/mol. The van der Waals surface area contributed by atoms with E-state index in [4.69, 9.17) is 9.47 Å². The summed E-state index contributed by atoms with van der Waals surface area (Å²) in [5.74, 6) is 5.91. The van der Waals surface area contributed by atoms with Gasteiger partial charge in [-0.1, -0.05) is 56.8 Å². The Balaban J connectivity index is 1.80. The highest BCUT2D eigenvalue weighted by Crippen LogP contribution is 2.12. The van der Waals surface area contributed by atoms with Gasteiger partial charge in [0.15, 0.2) is 0 Å². The van der Waals surface area contributed by atoms with Crippen molar-refractivity contribution < 1.29 is 19.1 Å². The molecule has 0 radical (unpaired) electrons. The van der Waals surface area contributed by atoms with E-state index < -0.39 is 0 Å². The van der Waals surface area contributed by atoms with Gasteiger partial charge >= 0.3 is 11.9 Å². The lowest BCUT2D eigenvalue weighted by Gasteiger charge is -2.05. The second-order valence-corrected chi connectivity index (χ2v) is 7.62. The molecule has 29 heavy (non-hydrogen) atoms. The lowest BCUT2D eigenvalue weighted by molar-refractivity contribution is -0.143. The Hall–Kier alpha value is -2.28. The van der Waals surface area contributed by atoms with E-state index in [0.717, 1.165) is 50.5 Å². The molecular formula is C25H34O4. The van der Waals surface area contributed by atoms with Crippen molar-refractivity contribution >= 4 is 11.9 Å². The minimum Gasteiger partial charge on any atom is -0.466 e. The number of rotatable bonds is 0. The largest absolute Gasteiger partial charge is 0.466 e. The smallest absolute Gasteiger partial charge is 0.338 e. The highest BCUT2D eigenvalue weighted by Gasteiger charge is 2.06. The first-order valence-corrected chi connectivity index (χ1v) is 11.2. The van der Waals surface area contributed by atoms with Crippen molar-refractivity contribution in [1.29, 1.82) is 0 Å². The van der Waals surface area contributed by atoms with E-state index in [0.29, 0.717) is 25.2 Å². The maximum absolute atomic E-state index is 12.1. The van der Waals surface area contributed by atoms with Gasteiger partial charge in [-0.2, -0.15) is 0 Å². The fraction of sp³-hybridized carbons (Fsp3) is 0.600. The van der Waals surface area contributed by atoms with Crippen LogP contribution >= 0.6 is 0 Å². The van der Waals surface area contributed by atoms with E-state index in [-0.39, 0.29) is 11.9 Å². The van der Waals surface area contributed by atoms with Gasteiger partial charge in [-0.25, -0.2) is 4.79 Å². The van der Waals surface area contributed by atoms with Crippen LogP contribution in [-0.4, -0.2) is 25.2 Å². The van der Waals surface area contributed by atoms with Gasteiger partial charge in [0.2, 0.25) is 0 Å². The van der Waals surface area contributed by atoms with Crippen LogP contribution < -0.4 is 0 Å². The van der Waals surface area contributed by atoms with E-state index >= 15 is 0 Å². The molecule has 4 nitrogen and oxygen atoms in total. The Morgan fingerprint density at radius 1 is 0.655 bits per heavy atom. The summed E-state index contributed by atoms with van der Waals surface area (Å²) in [4.78, 5) is 23.8. The normalized spacial score (nSPS) is 19.0. The molecule has 158 valence electrons. The number of hydrogen-bond acceptors (Lipinski definition) is 4. The summed E-state index contributed by atoms with van der Waals surface area (Å²) in [6, 6.07) is 7.25. The Morgan fingerprint density at radius 3 is 1.97 bits per heavy atom. The summed E-state index contributed by atoms with van der Waals surface area (Å²) < 4.78 is 10.7. The van der Waals surface area contributed by atoms with Gasteiger partial charge in [0.05, 0.1) is 18.8 Å². The molecule has 0 N–H and O–H groups in total. The zero-order valence-electron chi connectivity index (χ0n) is 17.5. The lowest BCUT2D eigenvalue weighted by Crippen LogP contribution is -2.06. The van der Waals surface area contributed by atoms with Crippen LogP contribution in [0.5, 0.6) is 0 Å². The lowest BCUT2D eigenvalue weighted by atomic mass is 10.1. The van der Waals surface area contributed by atoms with Gasteiger partial charge in [0.25, 0.3) is 0 Å². The van der Waals surface area contributed by atoms with Crippen molar-refractivity contribution in [2.24, 2.45) is 0 Å². The highest BCUT2D eigenvalue weighted by molar-refractivity contribution is 5.89. The average molecular weight is 399 g/mol. The third-order valence-corrected chi connectivity index (χ3v) is 5.07. The number of carbonyl (C=O) groups excluding carboxylic acids is 2. The zero-order valence-corrected chi connectivity index (χ0v) is 17.5. The Bertz CT molecular complexity index is 666. The number of esters is 2. The third-order valence-electron chi connectivity index (χ3n) is 5.07. The molecule has 0 aromatic heterocycles. The van der Waals surface area contributed by atoms with Gasteiger partial charge in [0.1, 0.15) is 0 Å². The fourth-order valence-electron chi connectivity index (χ4n) is 3.28. The molecule has 0 saturated heterocycles. The molecule has 3 rings (SSSR count). The topological polar surface area (TPSA) is 52.6 Å². The molecule has 2 heterocycles. The molecule has 4 heteroatoms. The maximum Gasteiger partial charge on any atom is 0.338 e.